The summed E-state index contributed by atoms with van der Waals surface area (Å²) in [7, 11) is 2.25. The molecule has 16 heavy (non-hydrogen) atoms. The normalized spacial score (nSPS) is 36.3. The number of fused-ring (bicyclic) bond motifs is 2. The van der Waals surface area contributed by atoms with Crippen molar-refractivity contribution in [3.63, 3.8) is 0 Å². The van der Waals surface area contributed by atoms with Crippen LogP contribution in [0.15, 0.2) is 12.2 Å². The molecule has 0 spiro atoms. The van der Waals surface area contributed by atoms with Crippen LogP contribution in [-0.4, -0.2) is 35.2 Å². The number of allylic oxidation sites excluding steroid dienone is 1. The Bertz CT molecular complexity index is 249. The summed E-state index contributed by atoms with van der Waals surface area (Å²) in [6.07, 6.45) is 6.85. The second-order valence-electron chi connectivity index (χ2n) is 5.85. The van der Waals surface area contributed by atoms with Crippen LogP contribution in [0.5, 0.6) is 0 Å². The molecular formula is C14H25NO. The Labute approximate surface area is 99.3 Å². The molecule has 0 saturated carbocycles. The van der Waals surface area contributed by atoms with E-state index in [1.54, 1.807) is 0 Å². The molecule has 3 unspecified atom stereocenters. The Morgan fingerprint density at radius 3 is 2.44 bits per heavy atom. The van der Waals surface area contributed by atoms with Crippen LogP contribution in [0.3, 0.4) is 0 Å². The molecule has 0 aromatic heterocycles. The molecule has 2 heteroatoms. The average molecular weight is 223 g/mol. The highest BCUT2D eigenvalue weighted by molar-refractivity contribution is 4.96. The quantitative estimate of drug-likeness (QED) is 0.740. The monoisotopic (exact) mass is 223 g/mol. The van der Waals surface area contributed by atoms with Gasteiger partial charge in [-0.05, 0) is 58.4 Å². The first-order valence-corrected chi connectivity index (χ1v) is 6.62. The van der Waals surface area contributed by atoms with Gasteiger partial charge in [0.2, 0.25) is 0 Å². The largest absolute Gasteiger partial charge is 0.393 e. The number of nitrogens with zero attached hydrogens (tertiary/aromatic N) is 1. The van der Waals surface area contributed by atoms with Crippen molar-refractivity contribution in [3.05, 3.63) is 12.2 Å². The van der Waals surface area contributed by atoms with Crippen molar-refractivity contribution in [1.82, 2.24) is 4.90 Å². The molecule has 2 aliphatic rings. The standard InChI is InChI=1S/C14H25NO/c1-10(2)4-7-14(16)11-8-12-5-6-13(9-11)15(12)3/h11-14,16H,1,4-9H2,2-3H3. The number of hydrogen-bond donors (Lipinski definition) is 1. The fourth-order valence-electron chi connectivity index (χ4n) is 3.40. The molecule has 2 nitrogen and oxygen atoms in total. The second kappa shape index (κ2) is 4.89. The summed E-state index contributed by atoms with van der Waals surface area (Å²) in [5.74, 6) is 0.535. The van der Waals surface area contributed by atoms with Crippen molar-refractivity contribution in [2.24, 2.45) is 5.92 Å². The minimum Gasteiger partial charge on any atom is -0.393 e. The highest BCUT2D eigenvalue weighted by atomic mass is 16.3. The van der Waals surface area contributed by atoms with Crippen molar-refractivity contribution in [1.29, 1.82) is 0 Å². The minimum atomic E-state index is -0.103. The Kier molecular flexibility index (Phi) is 3.70. The summed E-state index contributed by atoms with van der Waals surface area (Å²) in [5.41, 5.74) is 1.19. The van der Waals surface area contributed by atoms with Gasteiger partial charge in [-0.15, -0.1) is 6.58 Å². The van der Waals surface area contributed by atoms with Crippen LogP contribution in [0.25, 0.3) is 0 Å². The van der Waals surface area contributed by atoms with Crippen LogP contribution in [0.1, 0.15) is 45.4 Å². The Hall–Kier alpha value is -0.340. The van der Waals surface area contributed by atoms with E-state index in [0.29, 0.717) is 5.92 Å². The van der Waals surface area contributed by atoms with E-state index in [4.69, 9.17) is 0 Å². The van der Waals surface area contributed by atoms with E-state index in [1.807, 2.05) is 6.92 Å². The van der Waals surface area contributed by atoms with E-state index in [9.17, 15) is 5.11 Å². The maximum Gasteiger partial charge on any atom is 0.0572 e. The number of aliphatic hydroxyl groups excluding tert-OH is 1. The number of aliphatic hydroxyl groups is 1. The lowest BCUT2D eigenvalue weighted by Crippen LogP contribution is -2.43. The third kappa shape index (κ3) is 2.49. The first-order valence-electron chi connectivity index (χ1n) is 6.62. The van der Waals surface area contributed by atoms with Gasteiger partial charge in [0, 0.05) is 12.1 Å². The summed E-state index contributed by atoms with van der Waals surface area (Å²) in [6, 6.07) is 1.48. The maximum atomic E-state index is 10.2. The minimum absolute atomic E-state index is 0.103. The molecule has 2 saturated heterocycles. The molecule has 1 N–H and O–H groups in total. The van der Waals surface area contributed by atoms with Crippen LogP contribution in [0.2, 0.25) is 0 Å². The lowest BCUT2D eigenvalue weighted by Gasteiger charge is -2.38. The predicted molar refractivity (Wildman–Crippen MR) is 67.4 cm³/mol. The zero-order valence-corrected chi connectivity index (χ0v) is 10.7. The third-order valence-electron chi connectivity index (χ3n) is 4.55. The molecule has 0 aromatic carbocycles. The van der Waals surface area contributed by atoms with Crippen molar-refractivity contribution in [2.45, 2.75) is 63.6 Å². The van der Waals surface area contributed by atoms with Gasteiger partial charge in [0.25, 0.3) is 0 Å². The van der Waals surface area contributed by atoms with Crippen LogP contribution in [0, 0.1) is 5.92 Å². The lowest BCUT2D eigenvalue weighted by atomic mass is 9.84. The van der Waals surface area contributed by atoms with E-state index < -0.39 is 0 Å². The summed E-state index contributed by atoms with van der Waals surface area (Å²) in [4.78, 5) is 2.53. The highest BCUT2D eigenvalue weighted by Crippen LogP contribution is 2.39. The van der Waals surface area contributed by atoms with Gasteiger partial charge in [-0.25, -0.2) is 0 Å². The smallest absolute Gasteiger partial charge is 0.0572 e. The van der Waals surface area contributed by atoms with Crippen LogP contribution >= 0.6 is 0 Å². The molecule has 2 bridgehead atoms. The fourth-order valence-corrected chi connectivity index (χ4v) is 3.40. The van der Waals surface area contributed by atoms with Gasteiger partial charge in [0.05, 0.1) is 6.10 Å². The zero-order chi connectivity index (χ0) is 11.7. The first kappa shape index (κ1) is 12.1. The number of piperidine rings is 1. The fraction of sp³-hybridized carbons (Fsp3) is 0.857. The number of rotatable bonds is 4. The molecule has 2 heterocycles. The van der Waals surface area contributed by atoms with E-state index >= 15 is 0 Å². The summed E-state index contributed by atoms with van der Waals surface area (Å²) >= 11 is 0. The Balaban J connectivity index is 1.85. The molecule has 92 valence electrons. The summed E-state index contributed by atoms with van der Waals surface area (Å²) < 4.78 is 0. The SMILES string of the molecule is C=C(C)CCC(O)C1CC2CCC(C1)N2C. The molecule has 0 radical (unpaired) electrons. The average Bonchev–Trinajstić information content (AvgIpc) is 2.50. The predicted octanol–water partition coefficient (Wildman–Crippen LogP) is 2.58. The van der Waals surface area contributed by atoms with Gasteiger partial charge in [-0.3, -0.25) is 0 Å². The zero-order valence-electron chi connectivity index (χ0n) is 10.7. The lowest BCUT2D eigenvalue weighted by molar-refractivity contribution is 0.0320. The highest BCUT2D eigenvalue weighted by Gasteiger charge is 2.40. The van der Waals surface area contributed by atoms with E-state index in [1.165, 1.54) is 31.3 Å². The Morgan fingerprint density at radius 1 is 1.38 bits per heavy atom. The number of hydrogen-bond acceptors (Lipinski definition) is 2. The second-order valence-corrected chi connectivity index (χ2v) is 5.85. The van der Waals surface area contributed by atoms with Crippen molar-refractivity contribution in [3.8, 4) is 0 Å². The van der Waals surface area contributed by atoms with Gasteiger partial charge in [-0.2, -0.15) is 0 Å². The molecule has 3 atom stereocenters. The Morgan fingerprint density at radius 2 is 1.94 bits per heavy atom. The van der Waals surface area contributed by atoms with E-state index in [0.717, 1.165) is 24.9 Å². The molecule has 2 rings (SSSR count). The van der Waals surface area contributed by atoms with Crippen molar-refractivity contribution in [2.75, 3.05) is 7.05 Å². The van der Waals surface area contributed by atoms with Crippen LogP contribution < -0.4 is 0 Å². The van der Waals surface area contributed by atoms with Gasteiger partial charge < -0.3 is 10.0 Å². The summed E-state index contributed by atoms with van der Waals surface area (Å²) in [5, 5.41) is 10.2. The molecular weight excluding hydrogens is 198 g/mol. The van der Waals surface area contributed by atoms with E-state index in [2.05, 4.69) is 18.5 Å². The van der Waals surface area contributed by atoms with Gasteiger partial charge in [0.1, 0.15) is 0 Å². The summed E-state index contributed by atoms with van der Waals surface area (Å²) in [6.45, 7) is 5.95. The molecule has 0 amide bonds. The molecule has 2 aliphatic heterocycles. The van der Waals surface area contributed by atoms with Crippen molar-refractivity contribution < 1.29 is 5.11 Å². The van der Waals surface area contributed by atoms with E-state index in [-0.39, 0.29) is 6.10 Å². The third-order valence-corrected chi connectivity index (χ3v) is 4.55. The molecule has 0 aromatic rings. The maximum absolute atomic E-state index is 10.2. The van der Waals surface area contributed by atoms with Gasteiger partial charge in [-0.1, -0.05) is 5.57 Å². The van der Waals surface area contributed by atoms with Gasteiger partial charge >= 0.3 is 0 Å². The topological polar surface area (TPSA) is 23.5 Å². The molecule has 0 aliphatic carbocycles. The van der Waals surface area contributed by atoms with Gasteiger partial charge in [0.15, 0.2) is 0 Å². The van der Waals surface area contributed by atoms with Crippen LogP contribution in [0.4, 0.5) is 0 Å². The van der Waals surface area contributed by atoms with Crippen molar-refractivity contribution >= 4 is 0 Å². The van der Waals surface area contributed by atoms with Crippen LogP contribution in [-0.2, 0) is 0 Å². The molecule has 2 fully saturated rings. The first-order chi connectivity index (χ1) is 7.58.